The molecule has 2 N–H and O–H groups in total. The lowest BCUT2D eigenvalue weighted by molar-refractivity contribution is 0.0719. The van der Waals surface area contributed by atoms with E-state index in [1.54, 1.807) is 42.4 Å². The summed E-state index contributed by atoms with van der Waals surface area (Å²) in [7, 11) is 1.60. The van der Waals surface area contributed by atoms with E-state index in [1.807, 2.05) is 0 Å². The summed E-state index contributed by atoms with van der Waals surface area (Å²) in [6.07, 6.45) is 1.69. The number of carbonyl (C=O) groups excluding carboxylic acids is 1. The van der Waals surface area contributed by atoms with Crippen LogP contribution in [0.25, 0.3) is 0 Å². The van der Waals surface area contributed by atoms with E-state index in [9.17, 15) is 4.79 Å². The molecule has 17 heavy (non-hydrogen) atoms. The van der Waals surface area contributed by atoms with Crippen molar-refractivity contribution in [1.82, 2.24) is 4.90 Å². The highest BCUT2D eigenvalue weighted by Crippen LogP contribution is 2.13. The van der Waals surface area contributed by atoms with Gasteiger partial charge in [-0.2, -0.15) is 0 Å². The molecule has 0 heterocycles. The maximum absolute atomic E-state index is 12.2. The lowest BCUT2D eigenvalue weighted by Gasteiger charge is -2.21. The summed E-state index contributed by atoms with van der Waals surface area (Å²) in [6.45, 7) is 5.14. The van der Waals surface area contributed by atoms with Crippen LogP contribution in [0, 0.1) is 0 Å². The topological polar surface area (TPSA) is 55.6 Å². The Labute approximate surface area is 102 Å². The molecule has 1 aromatic rings. The molecule has 0 aliphatic rings. The van der Waals surface area contributed by atoms with Gasteiger partial charge in [-0.1, -0.05) is 18.2 Å². The Morgan fingerprint density at radius 1 is 1.53 bits per heavy atom. The van der Waals surface area contributed by atoms with Gasteiger partial charge in [0.1, 0.15) is 0 Å². The van der Waals surface area contributed by atoms with Gasteiger partial charge in [0, 0.05) is 25.9 Å². The molecule has 0 radical (unpaired) electrons. The number of methoxy groups -OCH3 is 1. The largest absolute Gasteiger partial charge is 0.398 e. The van der Waals surface area contributed by atoms with Gasteiger partial charge >= 0.3 is 0 Å². The Bertz CT molecular complexity index is 391. The van der Waals surface area contributed by atoms with Crippen LogP contribution in [0.5, 0.6) is 0 Å². The van der Waals surface area contributed by atoms with Crippen molar-refractivity contribution in [3.05, 3.63) is 42.5 Å². The van der Waals surface area contributed by atoms with Gasteiger partial charge in [0.15, 0.2) is 0 Å². The Kier molecular flexibility index (Phi) is 5.23. The van der Waals surface area contributed by atoms with Gasteiger partial charge in [-0.15, -0.1) is 6.58 Å². The molecule has 0 atom stereocenters. The first-order chi connectivity index (χ1) is 8.20. The summed E-state index contributed by atoms with van der Waals surface area (Å²) in [5, 5.41) is 0. The van der Waals surface area contributed by atoms with E-state index in [4.69, 9.17) is 10.5 Å². The standard InChI is InChI=1S/C13H18N2O2/c1-3-8-15(9-10-17-2)13(16)11-6-4-5-7-12(11)14/h3-7H,1,8-10,14H2,2H3. The zero-order valence-electron chi connectivity index (χ0n) is 10.1. The van der Waals surface area contributed by atoms with Gasteiger partial charge in [0.05, 0.1) is 12.2 Å². The highest BCUT2D eigenvalue weighted by atomic mass is 16.5. The SMILES string of the molecule is C=CCN(CCOC)C(=O)c1ccccc1N. The van der Waals surface area contributed by atoms with Crippen LogP contribution in [-0.2, 0) is 4.74 Å². The first-order valence-electron chi connectivity index (χ1n) is 5.44. The zero-order valence-corrected chi connectivity index (χ0v) is 10.1. The molecule has 4 heteroatoms. The summed E-state index contributed by atoms with van der Waals surface area (Å²) in [4.78, 5) is 13.9. The van der Waals surface area contributed by atoms with Crippen molar-refractivity contribution in [2.45, 2.75) is 0 Å². The van der Waals surface area contributed by atoms with Crippen molar-refractivity contribution in [1.29, 1.82) is 0 Å². The highest BCUT2D eigenvalue weighted by Gasteiger charge is 2.16. The molecule has 0 aliphatic carbocycles. The lowest BCUT2D eigenvalue weighted by Crippen LogP contribution is -2.34. The first-order valence-corrected chi connectivity index (χ1v) is 5.44. The summed E-state index contributed by atoms with van der Waals surface area (Å²) in [5.74, 6) is -0.0972. The van der Waals surface area contributed by atoms with E-state index >= 15 is 0 Å². The average Bonchev–Trinajstić information content (AvgIpc) is 2.34. The number of nitrogen functional groups attached to an aromatic ring is 1. The number of amides is 1. The summed E-state index contributed by atoms with van der Waals surface area (Å²) in [6, 6.07) is 7.04. The minimum Gasteiger partial charge on any atom is -0.398 e. The Balaban J connectivity index is 2.83. The van der Waals surface area contributed by atoms with Crippen LogP contribution in [0.3, 0.4) is 0 Å². The molecule has 92 valence electrons. The minimum atomic E-state index is -0.0972. The molecule has 0 fully saturated rings. The van der Waals surface area contributed by atoms with E-state index in [2.05, 4.69) is 6.58 Å². The third-order valence-electron chi connectivity index (χ3n) is 2.39. The molecular formula is C13H18N2O2. The molecule has 1 amide bonds. The Hall–Kier alpha value is -1.81. The van der Waals surface area contributed by atoms with Gasteiger partial charge in [-0.3, -0.25) is 4.79 Å². The average molecular weight is 234 g/mol. The van der Waals surface area contributed by atoms with Crippen LogP contribution in [0.15, 0.2) is 36.9 Å². The number of carbonyl (C=O) groups is 1. The van der Waals surface area contributed by atoms with Crippen LogP contribution in [0.1, 0.15) is 10.4 Å². The van der Waals surface area contributed by atoms with Crippen LogP contribution < -0.4 is 5.73 Å². The van der Waals surface area contributed by atoms with Crippen molar-refractivity contribution >= 4 is 11.6 Å². The predicted molar refractivity (Wildman–Crippen MR) is 68.8 cm³/mol. The predicted octanol–water partition coefficient (Wildman–Crippen LogP) is 1.54. The molecule has 1 aromatic carbocycles. The molecule has 0 aromatic heterocycles. The maximum Gasteiger partial charge on any atom is 0.256 e. The lowest BCUT2D eigenvalue weighted by atomic mass is 10.1. The first kappa shape index (κ1) is 13.3. The van der Waals surface area contributed by atoms with Gasteiger partial charge in [0.2, 0.25) is 0 Å². The van der Waals surface area contributed by atoms with Crippen molar-refractivity contribution in [2.75, 3.05) is 32.5 Å². The van der Waals surface area contributed by atoms with E-state index in [0.29, 0.717) is 30.9 Å². The van der Waals surface area contributed by atoms with Crippen LogP contribution in [0.2, 0.25) is 0 Å². The van der Waals surface area contributed by atoms with Crippen molar-refractivity contribution in [3.8, 4) is 0 Å². The number of anilines is 1. The molecule has 0 saturated carbocycles. The van der Waals surface area contributed by atoms with E-state index in [-0.39, 0.29) is 5.91 Å². The van der Waals surface area contributed by atoms with Gasteiger partial charge in [0.25, 0.3) is 5.91 Å². The van der Waals surface area contributed by atoms with Crippen LogP contribution in [-0.4, -0.2) is 37.6 Å². The fourth-order valence-electron chi connectivity index (χ4n) is 1.50. The molecule has 0 unspecified atom stereocenters. The van der Waals surface area contributed by atoms with E-state index in [1.165, 1.54) is 0 Å². The Morgan fingerprint density at radius 2 is 2.24 bits per heavy atom. The summed E-state index contributed by atoms with van der Waals surface area (Å²) >= 11 is 0. The zero-order chi connectivity index (χ0) is 12.7. The van der Waals surface area contributed by atoms with E-state index < -0.39 is 0 Å². The van der Waals surface area contributed by atoms with Gasteiger partial charge in [-0.25, -0.2) is 0 Å². The molecule has 0 bridgehead atoms. The molecule has 1 rings (SSSR count). The quantitative estimate of drug-likeness (QED) is 0.600. The number of nitrogens with zero attached hydrogens (tertiary/aromatic N) is 1. The number of benzene rings is 1. The fourth-order valence-corrected chi connectivity index (χ4v) is 1.50. The second kappa shape index (κ2) is 6.70. The fraction of sp³-hybridized carbons (Fsp3) is 0.308. The molecular weight excluding hydrogens is 216 g/mol. The van der Waals surface area contributed by atoms with Crippen molar-refractivity contribution in [3.63, 3.8) is 0 Å². The number of rotatable bonds is 6. The third kappa shape index (κ3) is 3.60. The van der Waals surface area contributed by atoms with Gasteiger partial charge in [-0.05, 0) is 12.1 Å². The second-order valence-electron chi connectivity index (χ2n) is 3.62. The number of nitrogens with two attached hydrogens (primary N) is 1. The normalized spacial score (nSPS) is 9.94. The Morgan fingerprint density at radius 3 is 2.82 bits per heavy atom. The van der Waals surface area contributed by atoms with Crippen molar-refractivity contribution < 1.29 is 9.53 Å². The molecule has 0 spiro atoms. The number of para-hydroxylation sites is 1. The summed E-state index contributed by atoms with van der Waals surface area (Å²) in [5.41, 5.74) is 6.79. The number of ether oxygens (including phenoxy) is 1. The minimum absolute atomic E-state index is 0.0972. The highest BCUT2D eigenvalue weighted by molar-refractivity contribution is 5.99. The van der Waals surface area contributed by atoms with Crippen LogP contribution >= 0.6 is 0 Å². The van der Waals surface area contributed by atoms with Crippen LogP contribution in [0.4, 0.5) is 5.69 Å². The smallest absolute Gasteiger partial charge is 0.256 e. The second-order valence-corrected chi connectivity index (χ2v) is 3.62. The maximum atomic E-state index is 12.2. The van der Waals surface area contributed by atoms with E-state index in [0.717, 1.165) is 0 Å². The molecule has 0 aliphatic heterocycles. The molecule has 4 nitrogen and oxygen atoms in total. The monoisotopic (exact) mass is 234 g/mol. The summed E-state index contributed by atoms with van der Waals surface area (Å²) < 4.78 is 4.98. The number of hydrogen-bond donors (Lipinski definition) is 1. The van der Waals surface area contributed by atoms with Gasteiger partial charge < -0.3 is 15.4 Å². The van der Waals surface area contributed by atoms with Crippen molar-refractivity contribution in [2.24, 2.45) is 0 Å². The third-order valence-corrected chi connectivity index (χ3v) is 2.39. The molecule has 0 saturated heterocycles. The number of hydrogen-bond acceptors (Lipinski definition) is 3.